The first-order chi connectivity index (χ1) is 6.75. The largest absolute Gasteiger partial charge is 0.329 e. The summed E-state index contributed by atoms with van der Waals surface area (Å²) in [6.07, 6.45) is 0.785. The highest BCUT2D eigenvalue weighted by Gasteiger charge is 2.34. The van der Waals surface area contributed by atoms with Crippen molar-refractivity contribution in [1.82, 2.24) is 4.67 Å². The first-order valence-corrected chi connectivity index (χ1v) is 6.66. The topological polar surface area (TPSA) is 101 Å². The van der Waals surface area contributed by atoms with E-state index in [1.807, 2.05) is 0 Å². The number of hydrogen-bond donors (Lipinski definition) is 2. The van der Waals surface area contributed by atoms with Gasteiger partial charge in [0.25, 0.3) is 7.52 Å². The van der Waals surface area contributed by atoms with Gasteiger partial charge in [0.15, 0.2) is 0 Å². The van der Waals surface area contributed by atoms with Crippen molar-refractivity contribution in [3.63, 3.8) is 0 Å². The Bertz CT molecular complexity index is 288. The van der Waals surface area contributed by atoms with Gasteiger partial charge in [-0.3, -0.25) is 14.0 Å². The predicted molar refractivity (Wildman–Crippen MR) is 56.4 cm³/mol. The van der Waals surface area contributed by atoms with Gasteiger partial charge in [0.05, 0.1) is 12.1 Å². The maximum Gasteiger partial charge on any atom is 0.293 e. The fraction of sp³-hybridized carbons (Fsp3) is 0.750. The first kappa shape index (κ1) is 14.3. The zero-order valence-corrected chi connectivity index (χ0v) is 9.98. The second-order valence-electron chi connectivity index (χ2n) is 3.41. The van der Waals surface area contributed by atoms with Crippen molar-refractivity contribution >= 4 is 19.7 Å². The van der Waals surface area contributed by atoms with Crippen LogP contribution in [0.1, 0.15) is 20.3 Å². The Balaban J connectivity index is 5.04. The third kappa shape index (κ3) is 3.74. The molecule has 0 aromatic rings. The first-order valence-electron chi connectivity index (χ1n) is 4.60. The fourth-order valence-electron chi connectivity index (χ4n) is 1.12. The van der Waals surface area contributed by atoms with Gasteiger partial charge in [0.2, 0.25) is 5.91 Å². The molecule has 1 amide bonds. The molecule has 15 heavy (non-hydrogen) atoms. The van der Waals surface area contributed by atoms with E-state index in [1.54, 1.807) is 6.92 Å². The molecule has 2 unspecified atom stereocenters. The van der Waals surface area contributed by atoms with Crippen LogP contribution in [0.15, 0.2) is 0 Å². The SMILES string of the molecule is CCC(N)C(=O)N([C@@H](C)C=O)P(C)(=O)O. The average Bonchev–Trinajstić information content (AvgIpc) is 2.14. The number of hydrogen-bond acceptors (Lipinski definition) is 4. The highest BCUT2D eigenvalue weighted by molar-refractivity contribution is 7.55. The molecule has 3 N–H and O–H groups in total. The smallest absolute Gasteiger partial charge is 0.293 e. The Morgan fingerprint density at radius 3 is 2.40 bits per heavy atom. The number of rotatable bonds is 5. The molecule has 0 fully saturated rings. The lowest BCUT2D eigenvalue weighted by Crippen LogP contribution is -2.46. The van der Waals surface area contributed by atoms with Gasteiger partial charge in [0.1, 0.15) is 6.29 Å². The summed E-state index contributed by atoms with van der Waals surface area (Å²) in [5.74, 6) is -0.676. The van der Waals surface area contributed by atoms with E-state index >= 15 is 0 Å². The van der Waals surface area contributed by atoms with Gasteiger partial charge in [-0.15, -0.1) is 0 Å². The molecular weight excluding hydrogens is 219 g/mol. The van der Waals surface area contributed by atoms with Crippen LogP contribution in [0.25, 0.3) is 0 Å². The summed E-state index contributed by atoms with van der Waals surface area (Å²) in [7, 11) is -3.80. The third-order valence-corrected chi connectivity index (χ3v) is 3.33. The third-order valence-electron chi connectivity index (χ3n) is 1.97. The van der Waals surface area contributed by atoms with Crippen molar-refractivity contribution in [3.05, 3.63) is 0 Å². The Morgan fingerprint density at radius 1 is 1.67 bits per heavy atom. The van der Waals surface area contributed by atoms with Crippen LogP contribution < -0.4 is 5.73 Å². The van der Waals surface area contributed by atoms with Crippen molar-refractivity contribution in [2.75, 3.05) is 6.66 Å². The lowest BCUT2D eigenvalue weighted by Gasteiger charge is -2.29. The Kier molecular flexibility index (Phi) is 5.14. The van der Waals surface area contributed by atoms with Gasteiger partial charge in [-0.05, 0) is 13.3 Å². The molecule has 0 rings (SSSR count). The van der Waals surface area contributed by atoms with Gasteiger partial charge >= 0.3 is 0 Å². The minimum atomic E-state index is -3.80. The molecule has 0 heterocycles. The van der Waals surface area contributed by atoms with Crippen LogP contribution >= 0.6 is 7.52 Å². The highest BCUT2D eigenvalue weighted by Crippen LogP contribution is 2.42. The molecule has 7 heteroatoms. The summed E-state index contributed by atoms with van der Waals surface area (Å²) in [5.41, 5.74) is 5.47. The van der Waals surface area contributed by atoms with E-state index in [0.29, 0.717) is 17.4 Å². The van der Waals surface area contributed by atoms with E-state index in [9.17, 15) is 19.0 Å². The zero-order valence-electron chi connectivity index (χ0n) is 9.08. The summed E-state index contributed by atoms with van der Waals surface area (Å²) >= 11 is 0. The molecule has 0 aliphatic rings. The van der Waals surface area contributed by atoms with Gasteiger partial charge in [-0.2, -0.15) is 0 Å². The predicted octanol–water partition coefficient (Wildman–Crippen LogP) is -0.0451. The van der Waals surface area contributed by atoms with Crippen molar-refractivity contribution in [2.24, 2.45) is 5.73 Å². The molecule has 0 saturated carbocycles. The molecule has 3 atom stereocenters. The number of amides is 1. The van der Waals surface area contributed by atoms with Gasteiger partial charge < -0.3 is 15.4 Å². The second kappa shape index (κ2) is 5.39. The standard InChI is InChI=1S/C8H17N2O4P/c1-4-7(9)8(12)10(6(2)5-11)15(3,13)14/h5-7H,4,9H2,1-3H3,(H,13,14)/t6-,7?/m0/s1. The summed E-state index contributed by atoms with van der Waals surface area (Å²) in [5, 5.41) is 0. The quantitative estimate of drug-likeness (QED) is 0.515. The minimum Gasteiger partial charge on any atom is -0.329 e. The molecule has 6 nitrogen and oxygen atoms in total. The normalized spacial score (nSPS) is 18.7. The highest BCUT2D eigenvalue weighted by atomic mass is 31.2. The summed E-state index contributed by atoms with van der Waals surface area (Å²) in [4.78, 5) is 31.5. The van der Waals surface area contributed by atoms with Crippen molar-refractivity contribution < 1.29 is 19.0 Å². The number of carbonyl (C=O) groups is 2. The van der Waals surface area contributed by atoms with Crippen LogP contribution in [0, 0.1) is 0 Å². The summed E-state index contributed by atoms with van der Waals surface area (Å²) in [6, 6.07) is -1.80. The number of carbonyl (C=O) groups excluding carboxylic acids is 2. The lowest BCUT2D eigenvalue weighted by atomic mass is 10.2. The minimum absolute atomic E-state index is 0.348. The van der Waals surface area contributed by atoms with Crippen LogP contribution in [-0.2, 0) is 14.2 Å². The molecule has 0 bridgehead atoms. The Morgan fingerprint density at radius 2 is 2.13 bits per heavy atom. The van der Waals surface area contributed by atoms with E-state index in [0.717, 1.165) is 6.66 Å². The van der Waals surface area contributed by atoms with Crippen molar-refractivity contribution in [1.29, 1.82) is 0 Å². The molecule has 0 aromatic carbocycles. The maximum absolute atomic E-state index is 11.6. The molecule has 0 radical (unpaired) electrons. The molecule has 88 valence electrons. The van der Waals surface area contributed by atoms with Crippen LogP contribution in [0.3, 0.4) is 0 Å². The average molecular weight is 236 g/mol. The summed E-state index contributed by atoms with van der Waals surface area (Å²) in [6.45, 7) is 4.07. The number of aldehydes is 1. The fourth-order valence-corrected chi connectivity index (χ4v) is 2.37. The van der Waals surface area contributed by atoms with Gasteiger partial charge in [-0.1, -0.05) is 6.92 Å². The van der Waals surface area contributed by atoms with Crippen LogP contribution in [0.2, 0.25) is 0 Å². The van der Waals surface area contributed by atoms with E-state index < -0.39 is 25.5 Å². The van der Waals surface area contributed by atoms with E-state index in [2.05, 4.69) is 0 Å². The molecular formula is C8H17N2O4P. The van der Waals surface area contributed by atoms with E-state index in [-0.39, 0.29) is 0 Å². The zero-order chi connectivity index (χ0) is 12.2. The van der Waals surface area contributed by atoms with Crippen LogP contribution in [-0.4, -0.2) is 40.5 Å². The van der Waals surface area contributed by atoms with Crippen molar-refractivity contribution in [2.45, 2.75) is 32.4 Å². The Hall–Kier alpha value is -0.710. The van der Waals surface area contributed by atoms with E-state index in [4.69, 9.17) is 5.73 Å². The molecule has 0 aliphatic carbocycles. The Labute approximate surface area is 88.9 Å². The van der Waals surface area contributed by atoms with Crippen LogP contribution in [0.5, 0.6) is 0 Å². The maximum atomic E-state index is 11.6. The van der Waals surface area contributed by atoms with Gasteiger partial charge in [0, 0.05) is 6.66 Å². The molecule has 0 aliphatic heterocycles. The van der Waals surface area contributed by atoms with Crippen molar-refractivity contribution in [3.8, 4) is 0 Å². The lowest BCUT2D eigenvalue weighted by molar-refractivity contribution is -0.132. The van der Waals surface area contributed by atoms with Gasteiger partial charge in [-0.25, -0.2) is 0 Å². The number of nitrogens with zero attached hydrogens (tertiary/aromatic N) is 1. The van der Waals surface area contributed by atoms with E-state index in [1.165, 1.54) is 6.92 Å². The van der Waals surface area contributed by atoms with Crippen LogP contribution in [0.4, 0.5) is 0 Å². The molecule has 0 spiro atoms. The summed E-state index contributed by atoms with van der Waals surface area (Å²) < 4.78 is 12.1. The number of nitrogens with two attached hydrogens (primary N) is 1. The molecule has 0 aromatic heterocycles. The second-order valence-corrected chi connectivity index (χ2v) is 5.51. The monoisotopic (exact) mass is 236 g/mol. The molecule has 0 saturated heterocycles.